The van der Waals surface area contributed by atoms with Gasteiger partial charge in [0.2, 0.25) is 0 Å². The van der Waals surface area contributed by atoms with Gasteiger partial charge in [-0.2, -0.15) is 0 Å². The van der Waals surface area contributed by atoms with Crippen molar-refractivity contribution in [3.63, 3.8) is 0 Å². The zero-order chi connectivity index (χ0) is 12.6. The SMILES string of the molecule is C/C=C/CCNC(=O)NCC(C)(C)C(=O)O. The molecular weight excluding hydrogens is 208 g/mol. The van der Waals surface area contributed by atoms with E-state index in [0.29, 0.717) is 6.54 Å². The lowest BCUT2D eigenvalue weighted by atomic mass is 9.94. The molecule has 0 saturated carbocycles. The van der Waals surface area contributed by atoms with Crippen LogP contribution in [-0.2, 0) is 4.79 Å². The Balaban J connectivity index is 3.77. The van der Waals surface area contributed by atoms with Crippen LogP contribution in [0.25, 0.3) is 0 Å². The molecule has 0 aromatic carbocycles. The van der Waals surface area contributed by atoms with E-state index in [1.807, 2.05) is 19.1 Å². The Labute approximate surface area is 95.9 Å². The summed E-state index contributed by atoms with van der Waals surface area (Å²) in [6, 6.07) is -0.334. The van der Waals surface area contributed by atoms with E-state index in [0.717, 1.165) is 6.42 Å². The van der Waals surface area contributed by atoms with E-state index in [4.69, 9.17) is 5.11 Å². The number of hydrogen-bond acceptors (Lipinski definition) is 2. The number of amides is 2. The normalized spacial score (nSPS) is 11.4. The molecule has 0 fully saturated rings. The molecule has 5 heteroatoms. The van der Waals surface area contributed by atoms with Gasteiger partial charge in [-0.3, -0.25) is 4.79 Å². The average molecular weight is 228 g/mol. The summed E-state index contributed by atoms with van der Waals surface area (Å²) in [5.41, 5.74) is -0.944. The highest BCUT2D eigenvalue weighted by Gasteiger charge is 2.27. The van der Waals surface area contributed by atoms with Crippen molar-refractivity contribution in [3.8, 4) is 0 Å². The number of carboxylic acids is 1. The maximum Gasteiger partial charge on any atom is 0.314 e. The van der Waals surface area contributed by atoms with E-state index in [1.165, 1.54) is 0 Å². The summed E-state index contributed by atoms with van der Waals surface area (Å²) in [4.78, 5) is 22.0. The molecule has 0 atom stereocenters. The van der Waals surface area contributed by atoms with Gasteiger partial charge in [-0.05, 0) is 27.2 Å². The van der Waals surface area contributed by atoms with Gasteiger partial charge in [-0.25, -0.2) is 4.79 Å². The van der Waals surface area contributed by atoms with Crippen molar-refractivity contribution in [1.29, 1.82) is 0 Å². The van der Waals surface area contributed by atoms with Crippen molar-refractivity contribution < 1.29 is 14.7 Å². The summed E-state index contributed by atoms with van der Waals surface area (Å²) in [5, 5.41) is 14.0. The topological polar surface area (TPSA) is 78.4 Å². The lowest BCUT2D eigenvalue weighted by Crippen LogP contribution is -2.43. The lowest BCUT2D eigenvalue weighted by Gasteiger charge is -2.19. The van der Waals surface area contributed by atoms with E-state index in [-0.39, 0.29) is 12.6 Å². The van der Waals surface area contributed by atoms with Gasteiger partial charge in [0.15, 0.2) is 0 Å². The number of carbonyl (C=O) groups is 2. The standard InChI is InChI=1S/C11H20N2O3/c1-4-5-6-7-12-10(16)13-8-11(2,3)9(14)15/h4-5H,6-8H2,1-3H3,(H,14,15)(H2,12,13,16)/b5-4+. The summed E-state index contributed by atoms with van der Waals surface area (Å²) >= 11 is 0. The molecule has 3 N–H and O–H groups in total. The van der Waals surface area contributed by atoms with Crippen molar-refractivity contribution >= 4 is 12.0 Å². The van der Waals surface area contributed by atoms with Crippen LogP contribution in [0.1, 0.15) is 27.2 Å². The molecule has 0 aliphatic rings. The fourth-order valence-electron chi connectivity index (χ4n) is 0.875. The van der Waals surface area contributed by atoms with Crippen LogP contribution in [0.15, 0.2) is 12.2 Å². The highest BCUT2D eigenvalue weighted by atomic mass is 16.4. The van der Waals surface area contributed by atoms with Crippen molar-refractivity contribution in [3.05, 3.63) is 12.2 Å². The molecule has 0 aromatic rings. The second-order valence-electron chi connectivity index (χ2n) is 4.16. The quantitative estimate of drug-likeness (QED) is 0.474. The van der Waals surface area contributed by atoms with Crippen LogP contribution in [0, 0.1) is 5.41 Å². The highest BCUT2D eigenvalue weighted by Crippen LogP contribution is 2.12. The highest BCUT2D eigenvalue weighted by molar-refractivity contribution is 5.77. The number of carbonyl (C=O) groups excluding carboxylic acids is 1. The fourth-order valence-corrected chi connectivity index (χ4v) is 0.875. The predicted octanol–water partition coefficient (Wildman–Crippen LogP) is 1.36. The summed E-state index contributed by atoms with van der Waals surface area (Å²) in [7, 11) is 0. The maximum absolute atomic E-state index is 11.2. The van der Waals surface area contributed by atoms with Crippen molar-refractivity contribution in [2.24, 2.45) is 5.41 Å². The number of urea groups is 1. The summed E-state index contributed by atoms with van der Waals surface area (Å²) in [5.74, 6) is -0.929. The number of allylic oxidation sites excluding steroid dienone is 1. The first kappa shape index (κ1) is 14.5. The van der Waals surface area contributed by atoms with E-state index in [2.05, 4.69) is 10.6 Å². The Morgan fingerprint density at radius 1 is 1.31 bits per heavy atom. The molecule has 5 nitrogen and oxygen atoms in total. The monoisotopic (exact) mass is 228 g/mol. The number of carboxylic acid groups (broad SMARTS) is 1. The molecule has 2 amide bonds. The first-order chi connectivity index (χ1) is 7.40. The van der Waals surface area contributed by atoms with Crippen molar-refractivity contribution in [1.82, 2.24) is 10.6 Å². The van der Waals surface area contributed by atoms with Crippen molar-refractivity contribution in [2.75, 3.05) is 13.1 Å². The minimum Gasteiger partial charge on any atom is -0.481 e. The van der Waals surface area contributed by atoms with Crippen LogP contribution in [0.4, 0.5) is 4.79 Å². The van der Waals surface area contributed by atoms with E-state index in [9.17, 15) is 9.59 Å². The van der Waals surface area contributed by atoms with Gasteiger partial charge in [-0.1, -0.05) is 12.2 Å². The molecule has 0 radical (unpaired) electrons. The molecule has 92 valence electrons. The second-order valence-corrected chi connectivity index (χ2v) is 4.16. The molecule has 0 unspecified atom stereocenters. The van der Waals surface area contributed by atoms with Crippen LogP contribution in [0.5, 0.6) is 0 Å². The zero-order valence-corrected chi connectivity index (χ0v) is 10.0. The second kappa shape index (κ2) is 6.87. The van der Waals surface area contributed by atoms with Crippen molar-refractivity contribution in [2.45, 2.75) is 27.2 Å². The molecule has 0 spiro atoms. The van der Waals surface area contributed by atoms with Crippen LogP contribution < -0.4 is 10.6 Å². The Morgan fingerprint density at radius 2 is 1.94 bits per heavy atom. The molecule has 0 aromatic heterocycles. The Bertz CT molecular complexity index is 272. The van der Waals surface area contributed by atoms with E-state index < -0.39 is 11.4 Å². The van der Waals surface area contributed by atoms with Gasteiger partial charge in [0.1, 0.15) is 0 Å². The molecular formula is C11H20N2O3. The van der Waals surface area contributed by atoms with Crippen LogP contribution in [-0.4, -0.2) is 30.2 Å². The van der Waals surface area contributed by atoms with Gasteiger partial charge in [-0.15, -0.1) is 0 Å². The number of nitrogens with one attached hydrogen (secondary N) is 2. The molecule has 0 aliphatic carbocycles. The largest absolute Gasteiger partial charge is 0.481 e. The first-order valence-electron chi connectivity index (χ1n) is 5.26. The van der Waals surface area contributed by atoms with Crippen LogP contribution in [0.2, 0.25) is 0 Å². The molecule has 0 saturated heterocycles. The Morgan fingerprint density at radius 3 is 2.44 bits per heavy atom. The lowest BCUT2D eigenvalue weighted by molar-refractivity contribution is -0.146. The fraction of sp³-hybridized carbons (Fsp3) is 0.636. The molecule has 0 rings (SSSR count). The van der Waals surface area contributed by atoms with Gasteiger partial charge < -0.3 is 15.7 Å². The van der Waals surface area contributed by atoms with Gasteiger partial charge in [0, 0.05) is 13.1 Å². The Kier molecular flexibility index (Phi) is 6.22. The first-order valence-corrected chi connectivity index (χ1v) is 5.26. The van der Waals surface area contributed by atoms with Gasteiger partial charge >= 0.3 is 12.0 Å². The Hall–Kier alpha value is -1.52. The molecule has 16 heavy (non-hydrogen) atoms. The molecule has 0 aliphatic heterocycles. The number of hydrogen-bond donors (Lipinski definition) is 3. The smallest absolute Gasteiger partial charge is 0.314 e. The summed E-state index contributed by atoms with van der Waals surface area (Å²) in [6.07, 6.45) is 4.63. The minimum absolute atomic E-state index is 0.109. The van der Waals surface area contributed by atoms with E-state index in [1.54, 1.807) is 13.8 Å². The summed E-state index contributed by atoms with van der Waals surface area (Å²) in [6.45, 7) is 5.70. The third kappa shape index (κ3) is 6.06. The third-order valence-corrected chi connectivity index (χ3v) is 2.10. The molecule has 0 heterocycles. The predicted molar refractivity (Wildman–Crippen MR) is 62.2 cm³/mol. The average Bonchev–Trinajstić information content (AvgIpc) is 2.21. The summed E-state index contributed by atoms with van der Waals surface area (Å²) < 4.78 is 0. The zero-order valence-electron chi connectivity index (χ0n) is 10.0. The maximum atomic E-state index is 11.2. The minimum atomic E-state index is -0.944. The van der Waals surface area contributed by atoms with Crippen LogP contribution >= 0.6 is 0 Å². The third-order valence-electron chi connectivity index (χ3n) is 2.10. The van der Waals surface area contributed by atoms with Gasteiger partial charge in [0.25, 0.3) is 0 Å². The molecule has 0 bridgehead atoms. The number of rotatable bonds is 6. The van der Waals surface area contributed by atoms with E-state index >= 15 is 0 Å². The number of aliphatic carboxylic acids is 1. The van der Waals surface area contributed by atoms with Crippen LogP contribution in [0.3, 0.4) is 0 Å². The van der Waals surface area contributed by atoms with Gasteiger partial charge in [0.05, 0.1) is 5.41 Å².